The third-order valence-corrected chi connectivity index (χ3v) is 2.94. The van der Waals surface area contributed by atoms with Gasteiger partial charge in [-0.2, -0.15) is 0 Å². The van der Waals surface area contributed by atoms with Gasteiger partial charge in [0, 0.05) is 6.07 Å². The molecular weight excluding hydrogens is 192 g/mol. The lowest BCUT2D eigenvalue weighted by Crippen LogP contribution is -2.20. The van der Waals surface area contributed by atoms with Crippen molar-refractivity contribution in [1.82, 2.24) is 0 Å². The van der Waals surface area contributed by atoms with E-state index in [2.05, 4.69) is 0 Å². The van der Waals surface area contributed by atoms with E-state index in [0.29, 0.717) is 17.6 Å². The maximum atomic E-state index is 10.8. The van der Waals surface area contributed by atoms with Gasteiger partial charge in [-0.25, -0.2) is 0 Å². The lowest BCUT2D eigenvalue weighted by Gasteiger charge is -2.25. The summed E-state index contributed by atoms with van der Waals surface area (Å²) in [5, 5.41) is 9.62. The first kappa shape index (κ1) is 10.0. The molecule has 3 nitrogen and oxygen atoms in total. The predicted octanol–water partition coefficient (Wildman–Crippen LogP) is 2.23. The number of hydrogen-bond donors (Lipinski definition) is 1. The molecule has 0 fully saturated rings. The zero-order chi connectivity index (χ0) is 11.0. The van der Waals surface area contributed by atoms with Crippen LogP contribution < -0.4 is 4.74 Å². The summed E-state index contributed by atoms with van der Waals surface area (Å²) >= 11 is 0. The molecule has 0 amide bonds. The molecule has 1 atom stereocenters. The van der Waals surface area contributed by atoms with E-state index in [1.807, 2.05) is 13.8 Å². The van der Waals surface area contributed by atoms with Gasteiger partial charge >= 0.3 is 0 Å². The van der Waals surface area contributed by atoms with Crippen LogP contribution in [0.15, 0.2) is 6.07 Å². The Morgan fingerprint density at radius 1 is 1.60 bits per heavy atom. The van der Waals surface area contributed by atoms with Crippen LogP contribution in [-0.4, -0.2) is 17.5 Å². The number of carbonyl (C=O) groups excluding carboxylic acids is 1. The minimum Gasteiger partial charge on any atom is -0.507 e. The second-order valence-corrected chi connectivity index (χ2v) is 4.00. The summed E-state index contributed by atoms with van der Waals surface area (Å²) in [5.41, 5.74) is 2.27. The van der Waals surface area contributed by atoms with Crippen LogP contribution in [0.5, 0.6) is 11.5 Å². The van der Waals surface area contributed by atoms with Crippen molar-refractivity contribution < 1.29 is 14.6 Å². The molecule has 2 rings (SSSR count). The standard InChI is InChI=1S/C12H14O3/c1-7-3-4-9-8(2)10(6-13)11(14)5-12(9)15-7/h5-7,14H,3-4H2,1-2H3. The first-order chi connectivity index (χ1) is 7.13. The summed E-state index contributed by atoms with van der Waals surface area (Å²) in [4.78, 5) is 10.8. The highest BCUT2D eigenvalue weighted by Gasteiger charge is 2.21. The molecule has 0 aliphatic carbocycles. The van der Waals surface area contributed by atoms with Crippen molar-refractivity contribution in [3.05, 3.63) is 22.8 Å². The zero-order valence-corrected chi connectivity index (χ0v) is 8.91. The van der Waals surface area contributed by atoms with Crippen molar-refractivity contribution in [1.29, 1.82) is 0 Å². The molecule has 1 heterocycles. The zero-order valence-electron chi connectivity index (χ0n) is 8.91. The highest BCUT2D eigenvalue weighted by molar-refractivity contribution is 5.83. The van der Waals surface area contributed by atoms with Crippen LogP contribution in [0, 0.1) is 6.92 Å². The third-order valence-electron chi connectivity index (χ3n) is 2.94. The van der Waals surface area contributed by atoms with Crippen LogP contribution >= 0.6 is 0 Å². The van der Waals surface area contributed by atoms with E-state index < -0.39 is 0 Å². The molecule has 15 heavy (non-hydrogen) atoms. The number of aldehydes is 1. The molecule has 80 valence electrons. The van der Waals surface area contributed by atoms with E-state index >= 15 is 0 Å². The Balaban J connectivity index is 2.57. The van der Waals surface area contributed by atoms with Gasteiger partial charge in [0.25, 0.3) is 0 Å². The Morgan fingerprint density at radius 2 is 2.33 bits per heavy atom. The van der Waals surface area contributed by atoms with Gasteiger partial charge in [-0.05, 0) is 37.8 Å². The Labute approximate surface area is 88.7 Å². The molecular formula is C12H14O3. The van der Waals surface area contributed by atoms with E-state index in [-0.39, 0.29) is 11.9 Å². The van der Waals surface area contributed by atoms with E-state index in [0.717, 1.165) is 24.0 Å². The monoisotopic (exact) mass is 206 g/mol. The van der Waals surface area contributed by atoms with E-state index in [9.17, 15) is 9.90 Å². The fourth-order valence-corrected chi connectivity index (χ4v) is 2.02. The minimum atomic E-state index is 0.00958. The SMILES string of the molecule is Cc1c(C=O)c(O)cc2c1CCC(C)O2. The van der Waals surface area contributed by atoms with Gasteiger partial charge in [0.1, 0.15) is 11.5 Å². The fraction of sp³-hybridized carbons (Fsp3) is 0.417. The topological polar surface area (TPSA) is 46.5 Å². The number of benzene rings is 1. The van der Waals surface area contributed by atoms with E-state index in [1.54, 1.807) is 6.07 Å². The summed E-state index contributed by atoms with van der Waals surface area (Å²) in [6.45, 7) is 3.85. The Bertz CT molecular complexity index is 410. The molecule has 0 aromatic heterocycles. The Hall–Kier alpha value is -1.51. The first-order valence-electron chi connectivity index (χ1n) is 5.10. The van der Waals surface area contributed by atoms with Crippen LogP contribution in [-0.2, 0) is 6.42 Å². The molecule has 1 N–H and O–H groups in total. The van der Waals surface area contributed by atoms with Gasteiger partial charge in [-0.15, -0.1) is 0 Å². The smallest absolute Gasteiger partial charge is 0.154 e. The van der Waals surface area contributed by atoms with Crippen molar-refractivity contribution in [2.24, 2.45) is 0 Å². The van der Waals surface area contributed by atoms with E-state index in [1.165, 1.54) is 0 Å². The molecule has 0 spiro atoms. The van der Waals surface area contributed by atoms with Crippen molar-refractivity contribution >= 4 is 6.29 Å². The highest BCUT2D eigenvalue weighted by Crippen LogP contribution is 2.36. The third kappa shape index (κ3) is 1.58. The molecule has 3 heteroatoms. The number of fused-ring (bicyclic) bond motifs is 1. The maximum absolute atomic E-state index is 10.8. The second kappa shape index (κ2) is 3.57. The van der Waals surface area contributed by atoms with Gasteiger partial charge in [0.2, 0.25) is 0 Å². The number of rotatable bonds is 1. The van der Waals surface area contributed by atoms with Crippen LogP contribution in [0.1, 0.15) is 34.8 Å². The Kier molecular flexibility index (Phi) is 2.39. The molecule has 0 saturated carbocycles. The normalized spacial score (nSPS) is 19.2. The Morgan fingerprint density at radius 3 is 3.00 bits per heavy atom. The highest BCUT2D eigenvalue weighted by atomic mass is 16.5. The van der Waals surface area contributed by atoms with Gasteiger partial charge < -0.3 is 9.84 Å². The van der Waals surface area contributed by atoms with Crippen molar-refractivity contribution in [2.75, 3.05) is 0 Å². The number of hydrogen-bond acceptors (Lipinski definition) is 3. The van der Waals surface area contributed by atoms with Crippen molar-refractivity contribution in [3.8, 4) is 11.5 Å². The van der Waals surface area contributed by atoms with E-state index in [4.69, 9.17) is 4.74 Å². The van der Waals surface area contributed by atoms with Crippen LogP contribution in [0.4, 0.5) is 0 Å². The minimum absolute atomic E-state index is 0.00958. The van der Waals surface area contributed by atoms with Gasteiger partial charge in [0.15, 0.2) is 6.29 Å². The van der Waals surface area contributed by atoms with Gasteiger partial charge in [-0.1, -0.05) is 0 Å². The fourth-order valence-electron chi connectivity index (χ4n) is 2.02. The number of phenols is 1. The molecule has 1 aliphatic heterocycles. The van der Waals surface area contributed by atoms with Crippen LogP contribution in [0.25, 0.3) is 0 Å². The maximum Gasteiger partial charge on any atom is 0.154 e. The average Bonchev–Trinajstić information content (AvgIpc) is 2.17. The number of phenolic OH excluding ortho intramolecular Hbond substituents is 1. The number of aromatic hydroxyl groups is 1. The van der Waals surface area contributed by atoms with Crippen molar-refractivity contribution in [2.45, 2.75) is 32.8 Å². The van der Waals surface area contributed by atoms with Crippen molar-refractivity contribution in [3.63, 3.8) is 0 Å². The molecule has 1 aromatic rings. The molecule has 1 aliphatic rings. The predicted molar refractivity (Wildman–Crippen MR) is 56.6 cm³/mol. The van der Waals surface area contributed by atoms with Gasteiger partial charge in [-0.3, -0.25) is 4.79 Å². The summed E-state index contributed by atoms with van der Waals surface area (Å²) in [6, 6.07) is 1.54. The lowest BCUT2D eigenvalue weighted by atomic mass is 9.94. The summed E-state index contributed by atoms with van der Waals surface area (Å²) in [6.07, 6.45) is 2.74. The quantitative estimate of drug-likeness (QED) is 0.717. The second-order valence-electron chi connectivity index (χ2n) is 4.00. The van der Waals surface area contributed by atoms with Crippen LogP contribution in [0.2, 0.25) is 0 Å². The van der Waals surface area contributed by atoms with Crippen LogP contribution in [0.3, 0.4) is 0 Å². The number of ether oxygens (including phenoxy) is 1. The molecule has 0 radical (unpaired) electrons. The average molecular weight is 206 g/mol. The number of carbonyl (C=O) groups is 1. The molecule has 0 bridgehead atoms. The summed E-state index contributed by atoms with van der Waals surface area (Å²) in [5.74, 6) is 0.727. The first-order valence-corrected chi connectivity index (χ1v) is 5.10. The molecule has 1 unspecified atom stereocenters. The largest absolute Gasteiger partial charge is 0.507 e. The molecule has 1 aromatic carbocycles. The lowest BCUT2D eigenvalue weighted by molar-refractivity contribution is 0.112. The molecule has 0 saturated heterocycles. The summed E-state index contributed by atoms with van der Waals surface area (Å²) < 4.78 is 5.62. The van der Waals surface area contributed by atoms with Gasteiger partial charge in [0.05, 0.1) is 11.7 Å². The summed E-state index contributed by atoms with van der Waals surface area (Å²) in [7, 11) is 0.